The third-order valence-corrected chi connectivity index (χ3v) is 2.91. The Labute approximate surface area is 87.5 Å². The summed E-state index contributed by atoms with van der Waals surface area (Å²) in [5.41, 5.74) is 4.62. The molecule has 0 aliphatic carbocycles. The third-order valence-electron chi connectivity index (χ3n) is 1.97. The maximum Gasteiger partial charge on any atom is 0.418 e. The van der Waals surface area contributed by atoms with Gasteiger partial charge >= 0.3 is 6.18 Å². The Kier molecular flexibility index (Phi) is 2.11. The van der Waals surface area contributed by atoms with Crippen molar-refractivity contribution in [3.63, 3.8) is 0 Å². The van der Waals surface area contributed by atoms with Gasteiger partial charge in [0.2, 0.25) is 0 Å². The van der Waals surface area contributed by atoms with Crippen LogP contribution >= 0.6 is 11.3 Å². The van der Waals surface area contributed by atoms with Gasteiger partial charge in [0.05, 0.1) is 20.8 Å². The van der Waals surface area contributed by atoms with Crippen LogP contribution in [-0.2, 0) is 6.18 Å². The summed E-state index contributed by atoms with van der Waals surface area (Å²) in [6, 6.07) is 2.32. The van der Waals surface area contributed by atoms with Crippen molar-refractivity contribution < 1.29 is 13.2 Å². The van der Waals surface area contributed by atoms with Crippen molar-refractivity contribution in [3.8, 4) is 0 Å². The molecule has 2 N–H and O–H groups in total. The molecule has 0 saturated heterocycles. The first-order valence-electron chi connectivity index (χ1n) is 4.12. The van der Waals surface area contributed by atoms with Crippen molar-refractivity contribution >= 4 is 27.2 Å². The molecule has 6 heteroatoms. The molecule has 0 spiro atoms. The second-order valence-electron chi connectivity index (χ2n) is 3.14. The highest BCUT2D eigenvalue weighted by Gasteiger charge is 2.33. The number of fused-ring (bicyclic) bond motifs is 1. The lowest BCUT2D eigenvalue weighted by molar-refractivity contribution is -0.136. The lowest BCUT2D eigenvalue weighted by atomic mass is 10.1. The first kappa shape index (κ1) is 10.2. The molecule has 80 valence electrons. The summed E-state index contributed by atoms with van der Waals surface area (Å²) in [6.45, 7) is 1.74. The molecule has 0 unspecified atom stereocenters. The fourth-order valence-electron chi connectivity index (χ4n) is 1.35. The van der Waals surface area contributed by atoms with E-state index in [1.165, 1.54) is 17.4 Å². The third kappa shape index (κ3) is 1.77. The summed E-state index contributed by atoms with van der Waals surface area (Å²) >= 11 is 1.33. The maximum atomic E-state index is 12.5. The van der Waals surface area contributed by atoms with E-state index in [9.17, 15) is 13.2 Å². The van der Waals surface area contributed by atoms with Crippen LogP contribution in [0.25, 0.3) is 10.2 Å². The van der Waals surface area contributed by atoms with E-state index in [1.807, 2.05) is 0 Å². The van der Waals surface area contributed by atoms with Gasteiger partial charge in [-0.1, -0.05) is 0 Å². The molecule has 0 radical (unpaired) electrons. The molecule has 2 aromatic rings. The topological polar surface area (TPSA) is 38.9 Å². The predicted octanol–water partition coefficient (Wildman–Crippen LogP) is 3.21. The normalized spacial score (nSPS) is 12.3. The van der Waals surface area contributed by atoms with Gasteiger partial charge < -0.3 is 5.73 Å². The van der Waals surface area contributed by atoms with Crippen molar-refractivity contribution in [1.82, 2.24) is 4.98 Å². The number of anilines is 1. The molecule has 1 heterocycles. The van der Waals surface area contributed by atoms with Gasteiger partial charge in [-0.15, -0.1) is 11.3 Å². The number of nitrogens with zero attached hydrogens (tertiary/aromatic N) is 1. The minimum Gasteiger partial charge on any atom is -0.398 e. The number of hydrogen-bond acceptors (Lipinski definition) is 3. The first-order valence-corrected chi connectivity index (χ1v) is 4.93. The Hall–Kier alpha value is -1.30. The number of benzene rings is 1. The van der Waals surface area contributed by atoms with Crippen molar-refractivity contribution in [2.75, 3.05) is 5.73 Å². The van der Waals surface area contributed by atoms with Gasteiger partial charge in [0, 0.05) is 5.69 Å². The van der Waals surface area contributed by atoms with E-state index in [2.05, 4.69) is 4.98 Å². The molecule has 0 aliphatic rings. The molecule has 1 aromatic heterocycles. The van der Waals surface area contributed by atoms with Gasteiger partial charge in [-0.2, -0.15) is 13.2 Å². The van der Waals surface area contributed by atoms with Crippen LogP contribution in [0.2, 0.25) is 0 Å². The van der Waals surface area contributed by atoms with Gasteiger partial charge in [-0.25, -0.2) is 4.98 Å². The number of rotatable bonds is 0. The molecular formula is C9H7F3N2S. The van der Waals surface area contributed by atoms with Crippen LogP contribution < -0.4 is 5.73 Å². The zero-order valence-corrected chi connectivity index (χ0v) is 8.54. The Morgan fingerprint density at radius 1 is 1.33 bits per heavy atom. The average Bonchev–Trinajstić information content (AvgIpc) is 2.40. The minimum absolute atomic E-state index is 0.251. The smallest absolute Gasteiger partial charge is 0.398 e. The van der Waals surface area contributed by atoms with E-state index in [4.69, 9.17) is 5.73 Å². The van der Waals surface area contributed by atoms with Gasteiger partial charge in [0.1, 0.15) is 0 Å². The van der Waals surface area contributed by atoms with E-state index < -0.39 is 11.7 Å². The van der Waals surface area contributed by atoms with Crippen LogP contribution in [0, 0.1) is 6.92 Å². The Bertz CT molecular complexity index is 516. The van der Waals surface area contributed by atoms with Crippen LogP contribution in [0.1, 0.15) is 10.6 Å². The summed E-state index contributed by atoms with van der Waals surface area (Å²) in [4.78, 5) is 3.99. The van der Waals surface area contributed by atoms with Gasteiger partial charge in [0.15, 0.2) is 0 Å². The largest absolute Gasteiger partial charge is 0.418 e. The number of thiazole rings is 1. The van der Waals surface area contributed by atoms with Gasteiger partial charge in [-0.05, 0) is 19.1 Å². The van der Waals surface area contributed by atoms with E-state index in [1.54, 1.807) is 6.92 Å². The second-order valence-corrected chi connectivity index (χ2v) is 4.37. The molecule has 2 rings (SSSR count). The van der Waals surface area contributed by atoms with Crippen molar-refractivity contribution in [3.05, 3.63) is 22.7 Å². The lowest BCUT2D eigenvalue weighted by Crippen LogP contribution is -2.08. The molecule has 0 fully saturated rings. The SMILES string of the molecule is Cc1nc2cc(C(F)(F)F)c(N)cc2s1. The Balaban J connectivity index is 2.72. The van der Waals surface area contributed by atoms with Crippen LogP contribution in [0.3, 0.4) is 0 Å². The highest BCUT2D eigenvalue weighted by molar-refractivity contribution is 7.18. The minimum atomic E-state index is -4.42. The zero-order chi connectivity index (χ0) is 11.2. The lowest BCUT2D eigenvalue weighted by Gasteiger charge is -2.08. The number of nitrogen functional groups attached to an aromatic ring is 1. The molecule has 1 aromatic carbocycles. The van der Waals surface area contributed by atoms with Crippen LogP contribution in [0.4, 0.5) is 18.9 Å². The standard InChI is InChI=1S/C9H7F3N2S/c1-4-14-7-2-5(9(10,11)12)6(13)3-8(7)15-4/h2-3H,13H2,1H3. The van der Waals surface area contributed by atoms with E-state index in [-0.39, 0.29) is 5.69 Å². The molecule has 0 amide bonds. The van der Waals surface area contributed by atoms with Crippen LogP contribution in [0.5, 0.6) is 0 Å². The highest BCUT2D eigenvalue weighted by Crippen LogP contribution is 2.37. The number of halogens is 3. The second kappa shape index (κ2) is 3.10. The molecule has 15 heavy (non-hydrogen) atoms. The summed E-state index contributed by atoms with van der Waals surface area (Å²) in [6.07, 6.45) is -4.42. The maximum absolute atomic E-state index is 12.5. The van der Waals surface area contributed by atoms with Gasteiger partial charge in [-0.3, -0.25) is 0 Å². The molecule has 0 aliphatic heterocycles. The van der Waals surface area contributed by atoms with E-state index in [0.717, 1.165) is 11.1 Å². The monoisotopic (exact) mass is 232 g/mol. The number of aromatic nitrogens is 1. The quantitative estimate of drug-likeness (QED) is 0.708. The van der Waals surface area contributed by atoms with Crippen LogP contribution in [0.15, 0.2) is 12.1 Å². The fraction of sp³-hybridized carbons (Fsp3) is 0.222. The Morgan fingerprint density at radius 2 is 2.00 bits per heavy atom. The molecule has 0 bridgehead atoms. The van der Waals surface area contributed by atoms with Crippen molar-refractivity contribution in [2.45, 2.75) is 13.1 Å². The molecule has 0 saturated carbocycles. The fourth-order valence-corrected chi connectivity index (χ4v) is 2.21. The highest BCUT2D eigenvalue weighted by atomic mass is 32.1. The zero-order valence-electron chi connectivity index (χ0n) is 7.72. The predicted molar refractivity (Wildman–Crippen MR) is 53.8 cm³/mol. The average molecular weight is 232 g/mol. The summed E-state index contributed by atoms with van der Waals surface area (Å²) < 4.78 is 38.1. The van der Waals surface area contributed by atoms with Crippen molar-refractivity contribution in [1.29, 1.82) is 0 Å². The first-order chi connectivity index (χ1) is 6.88. The number of hydrogen-bond donors (Lipinski definition) is 1. The van der Waals surface area contributed by atoms with Crippen molar-refractivity contribution in [2.24, 2.45) is 0 Å². The Morgan fingerprint density at radius 3 is 2.60 bits per heavy atom. The molecular weight excluding hydrogens is 225 g/mol. The molecule has 0 atom stereocenters. The number of alkyl halides is 3. The van der Waals surface area contributed by atoms with Crippen LogP contribution in [-0.4, -0.2) is 4.98 Å². The summed E-state index contributed by atoms with van der Waals surface area (Å²) in [7, 11) is 0. The van der Waals surface area contributed by atoms with E-state index in [0.29, 0.717) is 10.2 Å². The summed E-state index contributed by atoms with van der Waals surface area (Å²) in [5.74, 6) is 0. The number of nitrogens with two attached hydrogens (primary N) is 1. The van der Waals surface area contributed by atoms with Gasteiger partial charge in [0.25, 0.3) is 0 Å². The summed E-state index contributed by atoms with van der Waals surface area (Å²) in [5, 5.41) is 0.726. The van der Waals surface area contributed by atoms with E-state index >= 15 is 0 Å². The molecule has 2 nitrogen and oxygen atoms in total. The number of aryl methyl sites for hydroxylation is 1.